The lowest BCUT2D eigenvalue weighted by molar-refractivity contribution is -0.140. The summed E-state index contributed by atoms with van der Waals surface area (Å²) < 4.78 is 11.1. The maximum Gasteiger partial charge on any atom is 0.256 e. The maximum atomic E-state index is 12.6. The Labute approximate surface area is 125 Å². The van der Waals surface area contributed by atoms with Crippen LogP contribution < -0.4 is 15.4 Å². The molecule has 1 aromatic rings. The van der Waals surface area contributed by atoms with Crippen LogP contribution in [-0.2, 0) is 16.0 Å². The summed E-state index contributed by atoms with van der Waals surface area (Å²) in [6, 6.07) is 5.84. The minimum Gasteiger partial charge on any atom is -0.493 e. The third kappa shape index (κ3) is 2.89. The molecule has 114 valence electrons. The molecule has 3 rings (SSSR count). The molecule has 0 atom stereocenters. The van der Waals surface area contributed by atoms with Crippen LogP contribution in [0.25, 0.3) is 0 Å². The smallest absolute Gasteiger partial charge is 0.256 e. The van der Waals surface area contributed by atoms with Crippen molar-refractivity contribution in [3.63, 3.8) is 0 Å². The van der Waals surface area contributed by atoms with Crippen LogP contribution in [0.5, 0.6) is 5.75 Å². The van der Waals surface area contributed by atoms with Gasteiger partial charge in [0.1, 0.15) is 11.4 Å². The van der Waals surface area contributed by atoms with Crippen LogP contribution in [-0.4, -0.2) is 38.3 Å². The van der Waals surface area contributed by atoms with Gasteiger partial charge in [-0.15, -0.1) is 0 Å². The van der Waals surface area contributed by atoms with Gasteiger partial charge in [0.25, 0.3) is 5.91 Å². The Morgan fingerprint density at radius 3 is 2.95 bits per heavy atom. The fourth-order valence-electron chi connectivity index (χ4n) is 3.04. The molecule has 0 aliphatic carbocycles. The Hall–Kier alpha value is -1.59. The molecule has 2 heterocycles. The number of carbonyl (C=O) groups excluding carboxylic acids is 1. The number of hydrogen-bond acceptors (Lipinski definition) is 4. The van der Waals surface area contributed by atoms with Crippen molar-refractivity contribution in [2.24, 2.45) is 0 Å². The van der Waals surface area contributed by atoms with E-state index in [1.54, 1.807) is 7.11 Å². The van der Waals surface area contributed by atoms with Crippen LogP contribution in [0.15, 0.2) is 18.2 Å². The molecule has 1 amide bonds. The van der Waals surface area contributed by atoms with E-state index in [2.05, 4.69) is 10.6 Å². The molecule has 0 spiro atoms. The van der Waals surface area contributed by atoms with Gasteiger partial charge in [-0.05, 0) is 62.5 Å². The van der Waals surface area contributed by atoms with Crippen molar-refractivity contribution in [3.8, 4) is 5.75 Å². The zero-order valence-electron chi connectivity index (χ0n) is 12.4. The van der Waals surface area contributed by atoms with E-state index in [1.165, 1.54) is 0 Å². The first-order valence-corrected chi connectivity index (χ1v) is 7.57. The lowest BCUT2D eigenvalue weighted by Crippen LogP contribution is -2.51. The maximum absolute atomic E-state index is 12.6. The second-order valence-corrected chi connectivity index (χ2v) is 5.68. The number of ether oxygens (including phenoxy) is 2. The standard InChI is InChI=1S/C16H22N2O3/c1-20-16(6-8-17-9-7-16)15(19)18-13-4-5-14-12(11-13)3-2-10-21-14/h4-5,11,17H,2-3,6-10H2,1H3,(H,18,19). The van der Waals surface area contributed by atoms with E-state index in [0.717, 1.165) is 49.5 Å². The first-order chi connectivity index (χ1) is 10.2. The van der Waals surface area contributed by atoms with Crippen molar-refractivity contribution in [1.82, 2.24) is 5.32 Å². The Morgan fingerprint density at radius 2 is 2.19 bits per heavy atom. The number of piperidine rings is 1. The fourth-order valence-corrected chi connectivity index (χ4v) is 3.04. The highest BCUT2D eigenvalue weighted by atomic mass is 16.5. The Bertz CT molecular complexity index is 524. The van der Waals surface area contributed by atoms with Gasteiger partial charge in [0.2, 0.25) is 0 Å². The van der Waals surface area contributed by atoms with Gasteiger partial charge in [-0.1, -0.05) is 0 Å². The fraction of sp³-hybridized carbons (Fsp3) is 0.562. The van der Waals surface area contributed by atoms with Gasteiger partial charge in [-0.3, -0.25) is 4.79 Å². The molecule has 5 nitrogen and oxygen atoms in total. The summed E-state index contributed by atoms with van der Waals surface area (Å²) in [6.45, 7) is 2.39. The monoisotopic (exact) mass is 290 g/mol. The van der Waals surface area contributed by atoms with E-state index in [9.17, 15) is 4.79 Å². The average molecular weight is 290 g/mol. The van der Waals surface area contributed by atoms with Crippen LogP contribution in [0, 0.1) is 0 Å². The van der Waals surface area contributed by atoms with Crippen molar-refractivity contribution in [3.05, 3.63) is 23.8 Å². The van der Waals surface area contributed by atoms with Crippen LogP contribution in [0.4, 0.5) is 5.69 Å². The van der Waals surface area contributed by atoms with Crippen molar-refractivity contribution in [2.45, 2.75) is 31.3 Å². The summed E-state index contributed by atoms with van der Waals surface area (Å²) in [5.41, 5.74) is 1.27. The third-order valence-corrected chi connectivity index (χ3v) is 4.38. The second kappa shape index (κ2) is 6.03. The number of anilines is 1. The Morgan fingerprint density at radius 1 is 1.38 bits per heavy atom. The highest BCUT2D eigenvalue weighted by Gasteiger charge is 2.39. The van der Waals surface area contributed by atoms with E-state index in [-0.39, 0.29) is 5.91 Å². The van der Waals surface area contributed by atoms with Crippen molar-refractivity contribution in [1.29, 1.82) is 0 Å². The zero-order chi connectivity index (χ0) is 14.7. The molecule has 0 aromatic heterocycles. The van der Waals surface area contributed by atoms with Crippen LogP contribution in [0.3, 0.4) is 0 Å². The van der Waals surface area contributed by atoms with Gasteiger partial charge in [-0.25, -0.2) is 0 Å². The first kappa shape index (κ1) is 14.4. The van der Waals surface area contributed by atoms with E-state index in [1.807, 2.05) is 18.2 Å². The summed E-state index contributed by atoms with van der Waals surface area (Å²) in [6.07, 6.45) is 3.42. The quantitative estimate of drug-likeness (QED) is 0.890. The molecule has 21 heavy (non-hydrogen) atoms. The van der Waals surface area contributed by atoms with Gasteiger partial charge in [0.05, 0.1) is 6.61 Å². The molecule has 2 aliphatic heterocycles. The normalized spacial score (nSPS) is 20.2. The Kier molecular flexibility index (Phi) is 4.12. The molecular weight excluding hydrogens is 268 g/mol. The van der Waals surface area contributed by atoms with Gasteiger partial charge in [0, 0.05) is 12.8 Å². The number of benzene rings is 1. The number of nitrogens with one attached hydrogen (secondary N) is 2. The minimum atomic E-state index is -0.711. The van der Waals surface area contributed by atoms with E-state index >= 15 is 0 Å². The predicted octanol–water partition coefficient (Wildman–Crippen LogP) is 1.72. The predicted molar refractivity (Wildman–Crippen MR) is 80.7 cm³/mol. The zero-order valence-corrected chi connectivity index (χ0v) is 12.4. The minimum absolute atomic E-state index is 0.0526. The van der Waals surface area contributed by atoms with Gasteiger partial charge in [0.15, 0.2) is 0 Å². The van der Waals surface area contributed by atoms with Crippen LogP contribution >= 0.6 is 0 Å². The number of aryl methyl sites for hydroxylation is 1. The van der Waals surface area contributed by atoms with E-state index in [4.69, 9.17) is 9.47 Å². The van der Waals surface area contributed by atoms with E-state index < -0.39 is 5.60 Å². The lowest BCUT2D eigenvalue weighted by Gasteiger charge is -2.34. The number of hydrogen-bond donors (Lipinski definition) is 2. The van der Waals surface area contributed by atoms with Gasteiger partial charge >= 0.3 is 0 Å². The number of methoxy groups -OCH3 is 1. The molecule has 0 saturated carbocycles. The summed E-state index contributed by atoms with van der Waals surface area (Å²) >= 11 is 0. The summed E-state index contributed by atoms with van der Waals surface area (Å²) in [4.78, 5) is 12.6. The summed E-state index contributed by atoms with van der Waals surface area (Å²) in [5.74, 6) is 0.880. The molecular formula is C16H22N2O3. The molecule has 0 bridgehead atoms. The summed E-state index contributed by atoms with van der Waals surface area (Å²) in [7, 11) is 1.62. The molecule has 2 N–H and O–H groups in total. The van der Waals surface area contributed by atoms with Crippen molar-refractivity contribution < 1.29 is 14.3 Å². The number of rotatable bonds is 3. The topological polar surface area (TPSA) is 59.6 Å². The SMILES string of the molecule is COC1(C(=O)Nc2ccc3c(c2)CCCO3)CCNCC1. The highest BCUT2D eigenvalue weighted by Crippen LogP contribution is 2.29. The molecule has 5 heteroatoms. The number of amides is 1. The first-order valence-electron chi connectivity index (χ1n) is 7.57. The molecule has 0 radical (unpaired) electrons. The van der Waals surface area contributed by atoms with Gasteiger partial charge in [-0.2, -0.15) is 0 Å². The number of fused-ring (bicyclic) bond motifs is 1. The van der Waals surface area contributed by atoms with Gasteiger partial charge < -0.3 is 20.1 Å². The molecule has 1 aromatic carbocycles. The van der Waals surface area contributed by atoms with E-state index in [0.29, 0.717) is 12.8 Å². The van der Waals surface area contributed by atoms with Crippen LogP contribution in [0.1, 0.15) is 24.8 Å². The molecule has 0 unspecified atom stereocenters. The van der Waals surface area contributed by atoms with Crippen LogP contribution in [0.2, 0.25) is 0 Å². The van der Waals surface area contributed by atoms with Crippen molar-refractivity contribution in [2.75, 3.05) is 32.1 Å². The van der Waals surface area contributed by atoms with Crippen molar-refractivity contribution >= 4 is 11.6 Å². The summed E-state index contributed by atoms with van der Waals surface area (Å²) in [5, 5.41) is 6.26. The lowest BCUT2D eigenvalue weighted by atomic mass is 9.91. The molecule has 1 fully saturated rings. The largest absolute Gasteiger partial charge is 0.493 e. The Balaban J connectivity index is 1.74. The molecule has 1 saturated heterocycles. The highest BCUT2D eigenvalue weighted by molar-refractivity contribution is 5.97. The average Bonchev–Trinajstić information content (AvgIpc) is 2.55. The number of carbonyl (C=O) groups is 1. The third-order valence-electron chi connectivity index (χ3n) is 4.38. The second-order valence-electron chi connectivity index (χ2n) is 5.68. The molecule has 2 aliphatic rings.